The van der Waals surface area contributed by atoms with E-state index in [4.69, 9.17) is 4.74 Å². The third kappa shape index (κ3) is 21.5. The molecule has 1 atom stereocenters. The predicted molar refractivity (Wildman–Crippen MR) is 93.1 cm³/mol. The zero-order chi connectivity index (χ0) is 18.1. The molecule has 0 rings (SSSR count). The van der Waals surface area contributed by atoms with Crippen molar-refractivity contribution in [3.63, 3.8) is 0 Å². The normalized spacial score (nSPS) is 10.0. The number of methoxy groups -OCH3 is 1. The molecular formula is C15H35NO4S. The Morgan fingerprint density at radius 1 is 1.10 bits per heavy atom. The highest BCUT2D eigenvalue weighted by Gasteiger charge is 2.23. The molecule has 0 saturated heterocycles. The standard InChI is InChI=1S/C10H19NO4.2C2H6.CH4S/c1-6-7(8(12)14-5)11-9(13)15-10(2,3)4;3*1-2/h7H,6H2,1-5H3,(H,11,13);2*1-2H3;2H,1H3. The fraction of sp³-hybridized carbons (Fsp3) is 0.867. The maximum Gasteiger partial charge on any atom is 0.408 e. The number of amides is 1. The quantitative estimate of drug-likeness (QED) is 0.606. The van der Waals surface area contributed by atoms with Crippen molar-refractivity contribution in [3.05, 3.63) is 0 Å². The van der Waals surface area contributed by atoms with Gasteiger partial charge in [-0.1, -0.05) is 34.6 Å². The molecule has 130 valence electrons. The zero-order valence-corrected chi connectivity index (χ0v) is 16.3. The van der Waals surface area contributed by atoms with Crippen LogP contribution in [0.3, 0.4) is 0 Å². The second-order valence-electron chi connectivity index (χ2n) is 4.13. The van der Waals surface area contributed by atoms with Gasteiger partial charge in [-0.05, 0) is 33.4 Å². The molecule has 0 fully saturated rings. The molecule has 21 heavy (non-hydrogen) atoms. The van der Waals surface area contributed by atoms with E-state index in [1.165, 1.54) is 7.11 Å². The molecule has 0 bridgehead atoms. The molecule has 0 heterocycles. The summed E-state index contributed by atoms with van der Waals surface area (Å²) in [4.78, 5) is 22.5. The van der Waals surface area contributed by atoms with Crippen LogP contribution in [0.2, 0.25) is 0 Å². The van der Waals surface area contributed by atoms with Gasteiger partial charge in [-0.25, -0.2) is 9.59 Å². The lowest BCUT2D eigenvalue weighted by molar-refractivity contribution is -0.143. The number of alkyl carbamates (subject to hydrolysis) is 1. The molecule has 0 aromatic heterocycles. The second-order valence-corrected chi connectivity index (χ2v) is 4.13. The van der Waals surface area contributed by atoms with E-state index in [0.29, 0.717) is 6.42 Å². The van der Waals surface area contributed by atoms with E-state index in [-0.39, 0.29) is 0 Å². The number of thiol groups is 1. The Labute approximate surface area is 136 Å². The van der Waals surface area contributed by atoms with E-state index in [1.807, 2.05) is 27.7 Å². The van der Waals surface area contributed by atoms with Crippen LogP contribution in [-0.2, 0) is 14.3 Å². The van der Waals surface area contributed by atoms with Crippen LogP contribution in [0.4, 0.5) is 4.79 Å². The van der Waals surface area contributed by atoms with Gasteiger partial charge in [0.15, 0.2) is 0 Å². The van der Waals surface area contributed by atoms with E-state index < -0.39 is 23.7 Å². The van der Waals surface area contributed by atoms with Crippen molar-refractivity contribution in [1.82, 2.24) is 5.32 Å². The first kappa shape index (κ1) is 28.3. The van der Waals surface area contributed by atoms with Crippen molar-refractivity contribution in [2.24, 2.45) is 0 Å². The highest BCUT2D eigenvalue weighted by atomic mass is 32.1. The van der Waals surface area contributed by atoms with Gasteiger partial charge in [-0.2, -0.15) is 12.6 Å². The number of ether oxygens (including phenoxy) is 2. The number of esters is 1. The van der Waals surface area contributed by atoms with Gasteiger partial charge in [0, 0.05) is 0 Å². The van der Waals surface area contributed by atoms with Gasteiger partial charge in [-0.15, -0.1) is 0 Å². The van der Waals surface area contributed by atoms with Crippen molar-refractivity contribution in [2.75, 3.05) is 13.4 Å². The lowest BCUT2D eigenvalue weighted by Gasteiger charge is -2.21. The number of rotatable bonds is 3. The Hall–Kier alpha value is -0.910. The summed E-state index contributed by atoms with van der Waals surface area (Å²) in [6.07, 6.45) is 1.55. The maximum absolute atomic E-state index is 11.3. The fourth-order valence-electron chi connectivity index (χ4n) is 0.920. The molecular weight excluding hydrogens is 290 g/mol. The molecule has 1 unspecified atom stereocenters. The lowest BCUT2D eigenvalue weighted by atomic mass is 10.2. The van der Waals surface area contributed by atoms with Crippen molar-refractivity contribution < 1.29 is 19.1 Å². The third-order valence-corrected chi connectivity index (χ3v) is 1.58. The Morgan fingerprint density at radius 3 is 1.71 bits per heavy atom. The molecule has 5 nitrogen and oxygen atoms in total. The minimum Gasteiger partial charge on any atom is -0.467 e. The maximum atomic E-state index is 11.3. The average Bonchev–Trinajstić information content (AvgIpc) is 2.48. The van der Waals surface area contributed by atoms with E-state index in [1.54, 1.807) is 34.0 Å². The molecule has 0 spiro atoms. The molecule has 0 aliphatic heterocycles. The van der Waals surface area contributed by atoms with Gasteiger partial charge in [-0.3, -0.25) is 0 Å². The van der Waals surface area contributed by atoms with Crippen molar-refractivity contribution >= 4 is 24.7 Å². The molecule has 0 radical (unpaired) electrons. The first-order chi connectivity index (χ1) is 9.80. The smallest absolute Gasteiger partial charge is 0.408 e. The van der Waals surface area contributed by atoms with Crippen LogP contribution in [0.15, 0.2) is 0 Å². The molecule has 1 amide bonds. The molecule has 0 aliphatic rings. The fourth-order valence-corrected chi connectivity index (χ4v) is 0.920. The first-order valence-corrected chi connectivity index (χ1v) is 8.21. The van der Waals surface area contributed by atoms with Crippen LogP contribution in [0, 0.1) is 0 Å². The highest BCUT2D eigenvalue weighted by molar-refractivity contribution is 7.79. The van der Waals surface area contributed by atoms with Crippen LogP contribution < -0.4 is 5.32 Å². The molecule has 1 N–H and O–H groups in total. The number of hydrogen-bond donors (Lipinski definition) is 2. The van der Waals surface area contributed by atoms with Crippen LogP contribution in [0.25, 0.3) is 0 Å². The van der Waals surface area contributed by atoms with Crippen molar-refractivity contribution in [1.29, 1.82) is 0 Å². The Morgan fingerprint density at radius 2 is 1.48 bits per heavy atom. The zero-order valence-electron chi connectivity index (χ0n) is 15.4. The van der Waals surface area contributed by atoms with Gasteiger partial charge >= 0.3 is 12.1 Å². The van der Waals surface area contributed by atoms with E-state index in [9.17, 15) is 9.59 Å². The van der Waals surface area contributed by atoms with Crippen LogP contribution in [0.5, 0.6) is 0 Å². The Balaban J connectivity index is -0.000000212. The number of nitrogens with one attached hydrogen (secondary N) is 1. The average molecular weight is 326 g/mol. The Kier molecular flexibility index (Phi) is 25.7. The largest absolute Gasteiger partial charge is 0.467 e. The monoisotopic (exact) mass is 325 g/mol. The summed E-state index contributed by atoms with van der Waals surface area (Å²) < 4.78 is 9.53. The van der Waals surface area contributed by atoms with Gasteiger partial charge in [0.2, 0.25) is 0 Å². The summed E-state index contributed by atoms with van der Waals surface area (Å²) in [5, 5.41) is 2.44. The number of carbonyl (C=O) groups is 2. The summed E-state index contributed by atoms with van der Waals surface area (Å²) in [6.45, 7) is 15.0. The van der Waals surface area contributed by atoms with Gasteiger partial charge in [0.1, 0.15) is 11.6 Å². The number of carbonyl (C=O) groups excluding carboxylic acids is 2. The van der Waals surface area contributed by atoms with Crippen LogP contribution in [-0.4, -0.2) is 37.1 Å². The molecule has 0 aliphatic carbocycles. The second kappa shape index (κ2) is 19.1. The molecule has 6 heteroatoms. The van der Waals surface area contributed by atoms with Crippen molar-refractivity contribution in [2.45, 2.75) is 73.5 Å². The number of hydrogen-bond acceptors (Lipinski definition) is 5. The Bertz CT molecular complexity index is 240. The SMILES string of the molecule is CC.CC.CCC(NC(=O)OC(C)(C)C)C(=O)OC.CS. The summed E-state index contributed by atoms with van der Waals surface area (Å²) in [6, 6.07) is -0.648. The van der Waals surface area contributed by atoms with E-state index >= 15 is 0 Å². The van der Waals surface area contributed by atoms with Gasteiger partial charge < -0.3 is 14.8 Å². The van der Waals surface area contributed by atoms with Crippen LogP contribution >= 0.6 is 12.6 Å². The molecule has 0 saturated carbocycles. The summed E-state index contributed by atoms with van der Waals surface area (Å²) in [7, 11) is 1.28. The minimum absolute atomic E-state index is 0.464. The molecule has 0 aromatic carbocycles. The summed E-state index contributed by atoms with van der Waals surface area (Å²) in [5.74, 6) is -0.469. The lowest BCUT2D eigenvalue weighted by Crippen LogP contribution is -2.43. The predicted octanol–water partition coefficient (Wildman–Crippen LogP) is 4.06. The third-order valence-electron chi connectivity index (χ3n) is 1.58. The first-order valence-electron chi connectivity index (χ1n) is 7.32. The summed E-state index contributed by atoms with van der Waals surface area (Å²) >= 11 is 3.53. The topological polar surface area (TPSA) is 64.6 Å². The van der Waals surface area contributed by atoms with E-state index in [0.717, 1.165) is 0 Å². The van der Waals surface area contributed by atoms with Gasteiger partial charge in [0.25, 0.3) is 0 Å². The van der Waals surface area contributed by atoms with E-state index in [2.05, 4.69) is 22.7 Å². The highest BCUT2D eigenvalue weighted by Crippen LogP contribution is 2.07. The van der Waals surface area contributed by atoms with Gasteiger partial charge in [0.05, 0.1) is 7.11 Å². The van der Waals surface area contributed by atoms with Crippen LogP contribution in [0.1, 0.15) is 61.8 Å². The summed E-state index contributed by atoms with van der Waals surface area (Å²) in [5.41, 5.74) is -0.571. The molecule has 0 aromatic rings. The minimum atomic E-state index is -0.648. The van der Waals surface area contributed by atoms with Crippen molar-refractivity contribution in [3.8, 4) is 0 Å².